The first-order valence-electron chi connectivity index (χ1n) is 8.14. The van der Waals surface area contributed by atoms with Crippen LogP contribution in [0.1, 0.15) is 11.5 Å². The Labute approximate surface area is 156 Å². The number of aromatic nitrogens is 2. The lowest BCUT2D eigenvalue weighted by atomic mass is 10.1. The van der Waals surface area contributed by atoms with Crippen LogP contribution in [-0.4, -0.2) is 34.5 Å². The summed E-state index contributed by atoms with van der Waals surface area (Å²) in [5.41, 5.74) is 2.65. The van der Waals surface area contributed by atoms with Gasteiger partial charge in [-0.25, -0.2) is 0 Å². The van der Waals surface area contributed by atoms with Gasteiger partial charge in [-0.15, -0.1) is 0 Å². The molecule has 26 heavy (non-hydrogen) atoms. The number of amides is 1. The molecule has 0 unspecified atom stereocenters. The van der Waals surface area contributed by atoms with Gasteiger partial charge in [0, 0.05) is 5.56 Å². The van der Waals surface area contributed by atoms with Crippen molar-refractivity contribution in [3.8, 4) is 11.4 Å². The molecule has 1 heterocycles. The third kappa shape index (κ3) is 4.68. The fraction of sp³-hybridized carbons (Fsp3) is 0.211. The number of carbonyl (C=O) groups is 1. The summed E-state index contributed by atoms with van der Waals surface area (Å²) in [4.78, 5) is 18.3. The zero-order valence-corrected chi connectivity index (χ0v) is 15.3. The maximum absolute atomic E-state index is 12.1. The number of aryl methyl sites for hydroxylation is 1. The van der Waals surface area contributed by atoms with E-state index in [4.69, 9.17) is 16.1 Å². The molecular formula is C19H19ClN4O2. The van der Waals surface area contributed by atoms with Gasteiger partial charge in [-0.2, -0.15) is 4.98 Å². The van der Waals surface area contributed by atoms with Crippen LogP contribution in [0.4, 0.5) is 5.69 Å². The molecule has 0 atom stereocenters. The van der Waals surface area contributed by atoms with E-state index in [1.54, 1.807) is 17.0 Å². The molecule has 0 saturated heterocycles. The molecular weight excluding hydrogens is 352 g/mol. The monoisotopic (exact) mass is 370 g/mol. The number of benzene rings is 2. The van der Waals surface area contributed by atoms with E-state index in [0.29, 0.717) is 29.0 Å². The average Bonchev–Trinajstić information content (AvgIpc) is 3.05. The minimum Gasteiger partial charge on any atom is -0.338 e. The van der Waals surface area contributed by atoms with Crippen LogP contribution in [0.25, 0.3) is 11.4 Å². The summed E-state index contributed by atoms with van der Waals surface area (Å²) in [7, 11) is 1.81. The molecule has 0 fully saturated rings. The topological polar surface area (TPSA) is 71.3 Å². The van der Waals surface area contributed by atoms with Gasteiger partial charge in [-0.1, -0.05) is 58.7 Å². The molecule has 1 amide bonds. The molecule has 0 aliphatic carbocycles. The number of anilines is 1. The highest BCUT2D eigenvalue weighted by atomic mass is 35.5. The quantitative estimate of drug-likeness (QED) is 0.715. The Hall–Kier alpha value is -2.70. The van der Waals surface area contributed by atoms with Gasteiger partial charge in [0.25, 0.3) is 0 Å². The van der Waals surface area contributed by atoms with Crippen molar-refractivity contribution in [1.82, 2.24) is 15.0 Å². The van der Waals surface area contributed by atoms with E-state index in [-0.39, 0.29) is 12.5 Å². The molecule has 0 bridgehead atoms. The first-order chi connectivity index (χ1) is 12.5. The summed E-state index contributed by atoms with van der Waals surface area (Å²) < 4.78 is 5.28. The third-order valence-corrected chi connectivity index (χ3v) is 4.07. The molecule has 3 aromatic rings. The highest BCUT2D eigenvalue weighted by Crippen LogP contribution is 2.20. The number of hydrogen-bond donors (Lipinski definition) is 1. The highest BCUT2D eigenvalue weighted by Gasteiger charge is 2.13. The standard InChI is InChI=1S/C19H19ClN4O2/c1-13-7-9-14(10-8-13)19-22-18(26-23-19)12-24(2)11-17(25)21-16-6-4-3-5-15(16)20/h3-10H,11-12H2,1-2H3,(H,21,25). The van der Waals surface area contributed by atoms with Crippen LogP contribution in [0, 0.1) is 6.92 Å². The number of nitrogens with one attached hydrogen (secondary N) is 1. The summed E-state index contributed by atoms with van der Waals surface area (Å²) in [6, 6.07) is 15.0. The molecule has 0 aliphatic heterocycles. The van der Waals surface area contributed by atoms with Crippen molar-refractivity contribution >= 4 is 23.2 Å². The van der Waals surface area contributed by atoms with Crippen LogP contribution < -0.4 is 5.32 Å². The number of carbonyl (C=O) groups excluding carboxylic acids is 1. The fourth-order valence-electron chi connectivity index (χ4n) is 2.42. The van der Waals surface area contributed by atoms with Gasteiger partial charge in [-0.05, 0) is 26.1 Å². The lowest BCUT2D eigenvalue weighted by Gasteiger charge is -2.14. The van der Waals surface area contributed by atoms with E-state index in [0.717, 1.165) is 5.56 Å². The first kappa shape index (κ1) is 18.1. The van der Waals surface area contributed by atoms with E-state index in [2.05, 4.69) is 15.5 Å². The van der Waals surface area contributed by atoms with Gasteiger partial charge < -0.3 is 9.84 Å². The Morgan fingerprint density at radius 2 is 1.92 bits per heavy atom. The normalized spacial score (nSPS) is 10.9. The number of hydrogen-bond acceptors (Lipinski definition) is 5. The van der Waals surface area contributed by atoms with Crippen molar-refractivity contribution in [1.29, 1.82) is 0 Å². The maximum Gasteiger partial charge on any atom is 0.241 e. The largest absolute Gasteiger partial charge is 0.338 e. The second-order valence-corrected chi connectivity index (χ2v) is 6.49. The van der Waals surface area contributed by atoms with Crippen LogP contribution in [0.15, 0.2) is 53.1 Å². The molecule has 2 aromatic carbocycles. The highest BCUT2D eigenvalue weighted by molar-refractivity contribution is 6.33. The predicted octanol–water partition coefficient (Wildman–Crippen LogP) is 3.77. The summed E-state index contributed by atoms with van der Waals surface area (Å²) in [5, 5.41) is 7.28. The smallest absolute Gasteiger partial charge is 0.241 e. The van der Waals surface area contributed by atoms with Gasteiger partial charge >= 0.3 is 0 Å². The Morgan fingerprint density at radius 3 is 2.65 bits per heavy atom. The number of rotatable bonds is 6. The Morgan fingerprint density at radius 1 is 1.19 bits per heavy atom. The van der Waals surface area contributed by atoms with Crippen molar-refractivity contribution in [3.63, 3.8) is 0 Å². The van der Waals surface area contributed by atoms with Crippen molar-refractivity contribution in [3.05, 3.63) is 65.0 Å². The SMILES string of the molecule is Cc1ccc(-c2noc(CN(C)CC(=O)Nc3ccccc3Cl)n2)cc1. The van der Waals surface area contributed by atoms with E-state index >= 15 is 0 Å². The summed E-state index contributed by atoms with van der Waals surface area (Å²) >= 11 is 6.04. The lowest BCUT2D eigenvalue weighted by molar-refractivity contribution is -0.117. The fourth-order valence-corrected chi connectivity index (χ4v) is 2.61. The Balaban J connectivity index is 1.56. The molecule has 0 saturated carbocycles. The van der Waals surface area contributed by atoms with Crippen molar-refractivity contribution in [2.75, 3.05) is 18.9 Å². The molecule has 0 aliphatic rings. The van der Waals surface area contributed by atoms with Gasteiger partial charge in [0.2, 0.25) is 17.6 Å². The molecule has 6 nitrogen and oxygen atoms in total. The minimum absolute atomic E-state index is 0.168. The van der Waals surface area contributed by atoms with Crippen LogP contribution in [0.3, 0.4) is 0 Å². The molecule has 1 N–H and O–H groups in total. The zero-order chi connectivity index (χ0) is 18.5. The predicted molar refractivity (Wildman–Crippen MR) is 101 cm³/mol. The van der Waals surface area contributed by atoms with Gasteiger partial charge in [0.1, 0.15) is 0 Å². The number of para-hydroxylation sites is 1. The molecule has 0 spiro atoms. The van der Waals surface area contributed by atoms with Crippen LogP contribution in [-0.2, 0) is 11.3 Å². The zero-order valence-electron chi connectivity index (χ0n) is 14.6. The van der Waals surface area contributed by atoms with Crippen LogP contribution in [0.2, 0.25) is 5.02 Å². The van der Waals surface area contributed by atoms with E-state index in [9.17, 15) is 4.79 Å². The molecule has 1 aromatic heterocycles. The van der Waals surface area contributed by atoms with E-state index < -0.39 is 0 Å². The molecule has 134 valence electrons. The average molecular weight is 371 g/mol. The molecule has 3 rings (SSSR count). The maximum atomic E-state index is 12.1. The summed E-state index contributed by atoms with van der Waals surface area (Å²) in [5.74, 6) is 0.821. The summed E-state index contributed by atoms with van der Waals surface area (Å²) in [6.45, 7) is 2.57. The third-order valence-electron chi connectivity index (χ3n) is 3.74. The first-order valence-corrected chi connectivity index (χ1v) is 8.51. The number of nitrogens with zero attached hydrogens (tertiary/aromatic N) is 3. The van der Waals surface area contributed by atoms with Crippen LogP contribution >= 0.6 is 11.6 Å². The molecule has 7 heteroatoms. The lowest BCUT2D eigenvalue weighted by Crippen LogP contribution is -2.30. The number of halogens is 1. The van der Waals surface area contributed by atoms with Crippen molar-refractivity contribution < 1.29 is 9.32 Å². The van der Waals surface area contributed by atoms with Crippen LogP contribution in [0.5, 0.6) is 0 Å². The number of likely N-dealkylation sites (N-methyl/N-ethyl adjacent to an activating group) is 1. The second-order valence-electron chi connectivity index (χ2n) is 6.08. The second kappa shape index (κ2) is 8.12. The van der Waals surface area contributed by atoms with E-state index in [1.165, 1.54) is 5.56 Å². The Kier molecular flexibility index (Phi) is 5.65. The van der Waals surface area contributed by atoms with Gasteiger partial charge in [0.05, 0.1) is 23.8 Å². The van der Waals surface area contributed by atoms with Gasteiger partial charge in [-0.3, -0.25) is 9.69 Å². The van der Waals surface area contributed by atoms with Gasteiger partial charge in [0.15, 0.2) is 0 Å². The summed E-state index contributed by atoms with van der Waals surface area (Å²) in [6.07, 6.45) is 0. The minimum atomic E-state index is -0.168. The van der Waals surface area contributed by atoms with Crippen molar-refractivity contribution in [2.45, 2.75) is 13.5 Å². The van der Waals surface area contributed by atoms with Crippen molar-refractivity contribution in [2.24, 2.45) is 0 Å². The van der Waals surface area contributed by atoms with E-state index in [1.807, 2.05) is 50.4 Å². The molecule has 0 radical (unpaired) electrons. The Bertz CT molecular complexity index is 893.